The Kier molecular flexibility index (Phi) is 11.4. The van der Waals surface area contributed by atoms with Gasteiger partial charge in [0.05, 0.1) is 39.6 Å². The van der Waals surface area contributed by atoms with Crippen molar-refractivity contribution >= 4 is 0 Å². The molecule has 1 saturated heterocycles. The van der Waals surface area contributed by atoms with Crippen LogP contribution in [0.25, 0.3) is 0 Å². The van der Waals surface area contributed by atoms with Gasteiger partial charge >= 0.3 is 0 Å². The molecule has 1 heterocycles. The number of hydrogen-bond acceptors (Lipinski definition) is 5. The molecule has 1 fully saturated rings. The normalized spacial score (nSPS) is 19.1. The van der Waals surface area contributed by atoms with E-state index >= 15 is 0 Å². The predicted octanol–water partition coefficient (Wildman–Crippen LogP) is 1.21. The monoisotopic (exact) mass is 275 g/mol. The van der Waals surface area contributed by atoms with Crippen molar-refractivity contribution in [1.82, 2.24) is 5.32 Å². The zero-order valence-electron chi connectivity index (χ0n) is 12.2. The molecular formula is C14H29NO4. The summed E-state index contributed by atoms with van der Waals surface area (Å²) in [5.74, 6) is 0. The van der Waals surface area contributed by atoms with Gasteiger partial charge in [-0.05, 0) is 12.8 Å². The highest BCUT2D eigenvalue weighted by atomic mass is 16.5. The van der Waals surface area contributed by atoms with E-state index in [0.717, 1.165) is 45.8 Å². The standard InChI is InChI=1S/C14H29NO4/c1-2-3-6-16-9-11-18-12-10-17-8-5-15-14-4-7-19-13-14/h14-15H,2-13H2,1H3. The Hall–Kier alpha value is -0.200. The van der Waals surface area contributed by atoms with Crippen LogP contribution in [0.2, 0.25) is 0 Å². The fourth-order valence-electron chi connectivity index (χ4n) is 1.82. The third-order valence-corrected chi connectivity index (χ3v) is 3.00. The number of ether oxygens (including phenoxy) is 4. The maximum Gasteiger partial charge on any atom is 0.0701 e. The Morgan fingerprint density at radius 2 is 1.68 bits per heavy atom. The lowest BCUT2D eigenvalue weighted by atomic mass is 10.3. The second-order valence-corrected chi connectivity index (χ2v) is 4.71. The highest BCUT2D eigenvalue weighted by Gasteiger charge is 2.13. The van der Waals surface area contributed by atoms with Gasteiger partial charge in [-0.3, -0.25) is 0 Å². The van der Waals surface area contributed by atoms with Gasteiger partial charge in [0.25, 0.3) is 0 Å². The Morgan fingerprint density at radius 1 is 1.00 bits per heavy atom. The molecule has 1 atom stereocenters. The largest absolute Gasteiger partial charge is 0.380 e. The van der Waals surface area contributed by atoms with E-state index in [2.05, 4.69) is 12.2 Å². The third kappa shape index (κ3) is 10.3. The molecule has 0 aliphatic carbocycles. The van der Waals surface area contributed by atoms with E-state index in [4.69, 9.17) is 18.9 Å². The van der Waals surface area contributed by atoms with Gasteiger partial charge in [0.15, 0.2) is 0 Å². The van der Waals surface area contributed by atoms with Crippen LogP contribution in [0.1, 0.15) is 26.2 Å². The Balaban J connectivity index is 1.67. The van der Waals surface area contributed by atoms with Gasteiger partial charge in [0.1, 0.15) is 0 Å². The van der Waals surface area contributed by atoms with E-state index in [1.54, 1.807) is 0 Å². The second kappa shape index (κ2) is 12.8. The molecule has 0 bridgehead atoms. The van der Waals surface area contributed by atoms with Crippen LogP contribution < -0.4 is 5.32 Å². The van der Waals surface area contributed by atoms with Crippen molar-refractivity contribution in [3.8, 4) is 0 Å². The van der Waals surface area contributed by atoms with Crippen molar-refractivity contribution in [2.24, 2.45) is 0 Å². The molecule has 0 aromatic carbocycles. The summed E-state index contributed by atoms with van der Waals surface area (Å²) in [7, 11) is 0. The smallest absolute Gasteiger partial charge is 0.0701 e. The van der Waals surface area contributed by atoms with Crippen molar-refractivity contribution in [3.63, 3.8) is 0 Å². The first-order chi connectivity index (χ1) is 9.43. The first-order valence-corrected chi connectivity index (χ1v) is 7.48. The number of rotatable bonds is 13. The minimum Gasteiger partial charge on any atom is -0.380 e. The van der Waals surface area contributed by atoms with Gasteiger partial charge in [-0.25, -0.2) is 0 Å². The number of hydrogen-bond donors (Lipinski definition) is 1. The average Bonchev–Trinajstić information content (AvgIpc) is 2.93. The van der Waals surface area contributed by atoms with Crippen LogP contribution in [-0.2, 0) is 18.9 Å². The van der Waals surface area contributed by atoms with Crippen LogP contribution in [0.15, 0.2) is 0 Å². The molecule has 5 nitrogen and oxygen atoms in total. The lowest BCUT2D eigenvalue weighted by Gasteiger charge is -2.10. The molecule has 0 aromatic rings. The Morgan fingerprint density at radius 3 is 2.32 bits per heavy atom. The predicted molar refractivity (Wildman–Crippen MR) is 74.6 cm³/mol. The molecule has 0 amide bonds. The quantitative estimate of drug-likeness (QED) is 0.512. The molecule has 0 aromatic heterocycles. The van der Waals surface area contributed by atoms with E-state index < -0.39 is 0 Å². The van der Waals surface area contributed by atoms with Crippen molar-refractivity contribution in [2.75, 3.05) is 59.4 Å². The summed E-state index contributed by atoms with van der Waals surface area (Å²) in [6.45, 7) is 8.96. The van der Waals surface area contributed by atoms with Crippen LogP contribution in [0.3, 0.4) is 0 Å². The highest BCUT2D eigenvalue weighted by Crippen LogP contribution is 2.02. The van der Waals surface area contributed by atoms with Crippen LogP contribution in [0, 0.1) is 0 Å². The molecule has 0 radical (unpaired) electrons. The Labute approximate surface area is 116 Å². The number of nitrogens with one attached hydrogen (secondary N) is 1. The summed E-state index contributed by atoms with van der Waals surface area (Å²) in [5.41, 5.74) is 0. The summed E-state index contributed by atoms with van der Waals surface area (Å²) >= 11 is 0. The van der Waals surface area contributed by atoms with E-state index in [1.807, 2.05) is 0 Å². The van der Waals surface area contributed by atoms with E-state index in [-0.39, 0.29) is 0 Å². The topological polar surface area (TPSA) is 49.0 Å². The van der Waals surface area contributed by atoms with Crippen LogP contribution in [0.5, 0.6) is 0 Å². The molecule has 1 N–H and O–H groups in total. The average molecular weight is 275 g/mol. The van der Waals surface area contributed by atoms with Gasteiger partial charge in [0, 0.05) is 25.8 Å². The van der Waals surface area contributed by atoms with Crippen LogP contribution in [-0.4, -0.2) is 65.4 Å². The van der Waals surface area contributed by atoms with Crippen molar-refractivity contribution in [1.29, 1.82) is 0 Å². The van der Waals surface area contributed by atoms with Crippen molar-refractivity contribution < 1.29 is 18.9 Å². The fourth-order valence-corrected chi connectivity index (χ4v) is 1.82. The molecule has 0 spiro atoms. The van der Waals surface area contributed by atoms with Crippen molar-refractivity contribution in [2.45, 2.75) is 32.2 Å². The van der Waals surface area contributed by atoms with Gasteiger partial charge in [-0.2, -0.15) is 0 Å². The lowest BCUT2D eigenvalue weighted by molar-refractivity contribution is 0.0143. The van der Waals surface area contributed by atoms with Crippen LogP contribution >= 0.6 is 0 Å². The molecular weight excluding hydrogens is 246 g/mol. The highest BCUT2D eigenvalue weighted by molar-refractivity contribution is 4.70. The molecule has 1 aliphatic rings. The zero-order valence-corrected chi connectivity index (χ0v) is 12.2. The maximum absolute atomic E-state index is 5.47. The molecule has 5 heteroatoms. The number of unbranched alkanes of at least 4 members (excludes halogenated alkanes) is 1. The summed E-state index contributed by atoms with van der Waals surface area (Å²) in [5, 5.41) is 3.40. The molecule has 1 rings (SSSR count). The maximum atomic E-state index is 5.47. The summed E-state index contributed by atoms with van der Waals surface area (Å²) in [6, 6.07) is 0.514. The minimum atomic E-state index is 0.514. The zero-order chi connectivity index (χ0) is 13.6. The van der Waals surface area contributed by atoms with E-state index in [0.29, 0.717) is 32.5 Å². The molecule has 0 saturated carbocycles. The third-order valence-electron chi connectivity index (χ3n) is 3.00. The minimum absolute atomic E-state index is 0.514. The second-order valence-electron chi connectivity index (χ2n) is 4.71. The lowest BCUT2D eigenvalue weighted by Crippen LogP contribution is -2.32. The van der Waals surface area contributed by atoms with Gasteiger partial charge in [-0.1, -0.05) is 13.3 Å². The first kappa shape index (κ1) is 16.9. The van der Waals surface area contributed by atoms with Crippen LogP contribution in [0.4, 0.5) is 0 Å². The van der Waals surface area contributed by atoms with Gasteiger partial charge in [-0.15, -0.1) is 0 Å². The Bertz CT molecular complexity index is 186. The van der Waals surface area contributed by atoms with Gasteiger partial charge < -0.3 is 24.3 Å². The summed E-state index contributed by atoms with van der Waals surface area (Å²) in [4.78, 5) is 0. The van der Waals surface area contributed by atoms with Crippen molar-refractivity contribution in [3.05, 3.63) is 0 Å². The van der Waals surface area contributed by atoms with E-state index in [9.17, 15) is 0 Å². The molecule has 1 aliphatic heterocycles. The molecule has 19 heavy (non-hydrogen) atoms. The van der Waals surface area contributed by atoms with Gasteiger partial charge in [0.2, 0.25) is 0 Å². The molecule has 114 valence electrons. The molecule has 1 unspecified atom stereocenters. The van der Waals surface area contributed by atoms with E-state index in [1.165, 1.54) is 6.42 Å². The summed E-state index contributed by atoms with van der Waals surface area (Å²) in [6.07, 6.45) is 3.42. The SMILES string of the molecule is CCCCOCCOCCOCCNC1CCOC1. The summed E-state index contributed by atoms with van der Waals surface area (Å²) < 4.78 is 21.5. The fraction of sp³-hybridized carbons (Fsp3) is 1.00. The first-order valence-electron chi connectivity index (χ1n) is 7.48.